The third-order valence-corrected chi connectivity index (χ3v) is 2.81. The second-order valence-corrected chi connectivity index (χ2v) is 4.23. The highest BCUT2D eigenvalue weighted by atomic mass is 35.5. The molecule has 0 bridgehead atoms. The van der Waals surface area contributed by atoms with Crippen LogP contribution >= 0.6 is 11.6 Å². The molecule has 0 saturated heterocycles. The molecule has 4 heteroatoms. The van der Waals surface area contributed by atoms with Gasteiger partial charge in [0.15, 0.2) is 5.78 Å². The number of ether oxygens (including phenoxy) is 1. The average molecular weight is 262 g/mol. The highest BCUT2D eigenvalue weighted by Crippen LogP contribution is 2.24. The van der Waals surface area contributed by atoms with Crippen LogP contribution in [0, 0.1) is 0 Å². The Balaban J connectivity index is 2.52. The van der Waals surface area contributed by atoms with Gasteiger partial charge in [0, 0.05) is 17.0 Å². The number of nitrogens with zero attached hydrogens (tertiary/aromatic N) is 1. The minimum atomic E-state index is -0.0269. The molecule has 92 valence electrons. The molecule has 2 rings (SSSR count). The van der Waals surface area contributed by atoms with E-state index in [1.54, 1.807) is 13.2 Å². The van der Waals surface area contributed by atoms with Gasteiger partial charge in [0.05, 0.1) is 12.6 Å². The van der Waals surface area contributed by atoms with Gasteiger partial charge < -0.3 is 4.74 Å². The van der Waals surface area contributed by atoms with Crippen molar-refractivity contribution < 1.29 is 9.53 Å². The van der Waals surface area contributed by atoms with Gasteiger partial charge in [-0.3, -0.25) is 4.79 Å². The molecule has 0 aliphatic heterocycles. The SMILES string of the molecule is COc1ccc2cc(/C=C/C(C)=O)c(Cl)nc2c1. The predicted molar refractivity (Wildman–Crippen MR) is 73.0 cm³/mol. The van der Waals surface area contributed by atoms with Crippen molar-refractivity contribution in [3.05, 3.63) is 41.1 Å². The number of hydrogen-bond acceptors (Lipinski definition) is 3. The lowest BCUT2D eigenvalue weighted by Crippen LogP contribution is -1.88. The van der Waals surface area contributed by atoms with Crippen molar-refractivity contribution in [1.82, 2.24) is 4.98 Å². The monoisotopic (exact) mass is 261 g/mol. The zero-order chi connectivity index (χ0) is 13.1. The molecule has 0 saturated carbocycles. The summed E-state index contributed by atoms with van der Waals surface area (Å²) in [5, 5.41) is 1.32. The van der Waals surface area contributed by atoms with Gasteiger partial charge in [-0.1, -0.05) is 11.6 Å². The molecule has 0 spiro atoms. The summed E-state index contributed by atoms with van der Waals surface area (Å²) < 4.78 is 5.13. The average Bonchev–Trinajstić information content (AvgIpc) is 2.35. The maximum atomic E-state index is 10.9. The molecule has 0 atom stereocenters. The molecule has 1 aromatic carbocycles. The molecule has 1 heterocycles. The number of rotatable bonds is 3. The molecule has 0 aliphatic carbocycles. The third kappa shape index (κ3) is 2.68. The van der Waals surface area contributed by atoms with E-state index in [0.717, 1.165) is 22.2 Å². The van der Waals surface area contributed by atoms with Crippen LogP contribution in [0.2, 0.25) is 5.15 Å². The molecule has 0 unspecified atom stereocenters. The van der Waals surface area contributed by atoms with Gasteiger partial charge in [-0.05, 0) is 37.3 Å². The van der Waals surface area contributed by atoms with Gasteiger partial charge in [0.2, 0.25) is 0 Å². The van der Waals surface area contributed by atoms with Gasteiger partial charge in [-0.25, -0.2) is 4.98 Å². The summed E-state index contributed by atoms with van der Waals surface area (Å²) in [5.41, 5.74) is 1.49. The first-order chi connectivity index (χ1) is 8.60. The van der Waals surface area contributed by atoms with Crippen molar-refractivity contribution in [1.29, 1.82) is 0 Å². The van der Waals surface area contributed by atoms with E-state index in [9.17, 15) is 4.79 Å². The van der Waals surface area contributed by atoms with E-state index in [1.807, 2.05) is 24.3 Å². The van der Waals surface area contributed by atoms with Crippen LogP contribution < -0.4 is 4.74 Å². The van der Waals surface area contributed by atoms with Crippen LogP contribution in [0.3, 0.4) is 0 Å². The van der Waals surface area contributed by atoms with Crippen LogP contribution in [0.5, 0.6) is 5.75 Å². The Morgan fingerprint density at radius 1 is 1.39 bits per heavy atom. The fraction of sp³-hybridized carbons (Fsp3) is 0.143. The summed E-state index contributed by atoms with van der Waals surface area (Å²) in [7, 11) is 1.60. The minimum Gasteiger partial charge on any atom is -0.497 e. The molecular formula is C14H12ClNO2. The number of fused-ring (bicyclic) bond motifs is 1. The smallest absolute Gasteiger partial charge is 0.152 e. The van der Waals surface area contributed by atoms with Crippen molar-refractivity contribution in [2.24, 2.45) is 0 Å². The number of benzene rings is 1. The lowest BCUT2D eigenvalue weighted by atomic mass is 10.1. The number of carbonyl (C=O) groups excluding carboxylic acids is 1. The summed E-state index contributed by atoms with van der Waals surface area (Å²) in [6.45, 7) is 1.49. The van der Waals surface area contributed by atoms with Crippen LogP contribution in [0.25, 0.3) is 17.0 Å². The Kier molecular flexibility index (Phi) is 3.63. The maximum Gasteiger partial charge on any atom is 0.152 e. The van der Waals surface area contributed by atoms with Crippen molar-refractivity contribution >= 4 is 34.4 Å². The van der Waals surface area contributed by atoms with Crippen LogP contribution in [-0.2, 0) is 4.79 Å². The number of aromatic nitrogens is 1. The van der Waals surface area contributed by atoms with Crippen LogP contribution in [0.4, 0.5) is 0 Å². The molecule has 0 aliphatic rings. The van der Waals surface area contributed by atoms with Crippen LogP contribution in [-0.4, -0.2) is 17.9 Å². The molecule has 0 radical (unpaired) electrons. The van der Waals surface area contributed by atoms with E-state index in [-0.39, 0.29) is 5.78 Å². The first kappa shape index (κ1) is 12.6. The fourth-order valence-electron chi connectivity index (χ4n) is 1.59. The van der Waals surface area contributed by atoms with E-state index >= 15 is 0 Å². The van der Waals surface area contributed by atoms with Crippen molar-refractivity contribution in [3.63, 3.8) is 0 Å². The first-order valence-electron chi connectivity index (χ1n) is 5.43. The highest BCUT2D eigenvalue weighted by molar-refractivity contribution is 6.31. The zero-order valence-corrected chi connectivity index (χ0v) is 10.9. The Bertz CT molecular complexity index is 635. The molecular weight excluding hydrogens is 250 g/mol. The van der Waals surface area contributed by atoms with Crippen LogP contribution in [0.15, 0.2) is 30.3 Å². The molecule has 0 amide bonds. The summed E-state index contributed by atoms with van der Waals surface area (Å²) in [4.78, 5) is 15.2. The number of pyridine rings is 1. The standard InChI is InChI=1S/C14H12ClNO2/c1-9(17)3-4-11-7-10-5-6-12(18-2)8-13(10)16-14(11)15/h3-8H,1-2H3/b4-3+. The van der Waals surface area contributed by atoms with E-state index in [2.05, 4.69) is 4.98 Å². The minimum absolute atomic E-state index is 0.0269. The topological polar surface area (TPSA) is 39.2 Å². The van der Waals surface area contributed by atoms with Crippen molar-refractivity contribution in [2.75, 3.05) is 7.11 Å². The Morgan fingerprint density at radius 3 is 2.83 bits per heavy atom. The molecule has 18 heavy (non-hydrogen) atoms. The number of allylic oxidation sites excluding steroid dienone is 1. The van der Waals surface area contributed by atoms with Crippen molar-refractivity contribution in [3.8, 4) is 5.75 Å². The number of carbonyl (C=O) groups is 1. The first-order valence-corrected chi connectivity index (χ1v) is 5.81. The van der Waals surface area contributed by atoms with E-state index < -0.39 is 0 Å². The summed E-state index contributed by atoms with van der Waals surface area (Å²) in [6, 6.07) is 7.47. The number of hydrogen-bond donors (Lipinski definition) is 0. The van der Waals surface area contributed by atoms with E-state index in [1.165, 1.54) is 13.0 Å². The van der Waals surface area contributed by atoms with Gasteiger partial charge in [0.25, 0.3) is 0 Å². The summed E-state index contributed by atoms with van der Waals surface area (Å²) in [5.74, 6) is 0.707. The predicted octanol–water partition coefficient (Wildman–Crippen LogP) is 3.50. The largest absolute Gasteiger partial charge is 0.497 e. The number of ketones is 1. The van der Waals surface area contributed by atoms with E-state index in [0.29, 0.717) is 5.15 Å². The fourth-order valence-corrected chi connectivity index (χ4v) is 1.80. The van der Waals surface area contributed by atoms with Gasteiger partial charge in [-0.2, -0.15) is 0 Å². The molecule has 1 aromatic heterocycles. The zero-order valence-electron chi connectivity index (χ0n) is 10.1. The Hall–Kier alpha value is -1.87. The molecule has 0 N–H and O–H groups in total. The second kappa shape index (κ2) is 5.19. The number of halogens is 1. The second-order valence-electron chi connectivity index (χ2n) is 3.87. The van der Waals surface area contributed by atoms with Crippen LogP contribution in [0.1, 0.15) is 12.5 Å². The Morgan fingerprint density at radius 2 is 2.17 bits per heavy atom. The van der Waals surface area contributed by atoms with Gasteiger partial charge in [-0.15, -0.1) is 0 Å². The molecule has 0 fully saturated rings. The summed E-state index contributed by atoms with van der Waals surface area (Å²) >= 11 is 6.07. The molecule has 2 aromatic rings. The highest BCUT2D eigenvalue weighted by Gasteiger charge is 2.04. The lowest BCUT2D eigenvalue weighted by molar-refractivity contribution is -0.112. The third-order valence-electron chi connectivity index (χ3n) is 2.50. The number of methoxy groups -OCH3 is 1. The Labute approximate surface area is 110 Å². The quantitative estimate of drug-likeness (QED) is 0.627. The van der Waals surface area contributed by atoms with Gasteiger partial charge in [0.1, 0.15) is 10.9 Å². The maximum absolute atomic E-state index is 10.9. The van der Waals surface area contributed by atoms with E-state index in [4.69, 9.17) is 16.3 Å². The summed E-state index contributed by atoms with van der Waals surface area (Å²) in [6.07, 6.45) is 3.14. The molecule has 3 nitrogen and oxygen atoms in total. The van der Waals surface area contributed by atoms with Crippen molar-refractivity contribution in [2.45, 2.75) is 6.92 Å². The lowest BCUT2D eigenvalue weighted by Gasteiger charge is -2.04. The van der Waals surface area contributed by atoms with Gasteiger partial charge >= 0.3 is 0 Å². The normalized spacial score (nSPS) is 11.1.